The number of rotatable bonds is 1. The highest BCUT2D eigenvalue weighted by atomic mass is 35.9. The molecule has 1 saturated heterocycles. The highest BCUT2D eigenvalue weighted by molar-refractivity contribution is 8.02. The van der Waals surface area contributed by atoms with Crippen molar-refractivity contribution in [1.29, 1.82) is 0 Å². The number of hydrogen-bond donors (Lipinski definition) is 0. The molecule has 4 heteroatoms. The van der Waals surface area contributed by atoms with Gasteiger partial charge in [0.25, 0.3) is 0 Å². The Morgan fingerprint density at radius 1 is 1.29 bits per heavy atom. The van der Waals surface area contributed by atoms with Gasteiger partial charge in [-0.3, -0.25) is 4.67 Å². The van der Waals surface area contributed by atoms with Crippen LogP contribution in [0.15, 0.2) is 0 Å². The second-order valence-electron chi connectivity index (χ2n) is 1.52. The number of halogens is 2. The lowest BCUT2D eigenvalue weighted by Crippen LogP contribution is -2.29. The Balaban J connectivity index is 2.14. The van der Waals surface area contributed by atoms with Gasteiger partial charge in [-0.25, -0.2) is 0 Å². The van der Waals surface area contributed by atoms with Crippen LogP contribution in [-0.4, -0.2) is 17.8 Å². The van der Waals surface area contributed by atoms with Gasteiger partial charge in [0.2, 0.25) is 0 Å². The summed E-state index contributed by atoms with van der Waals surface area (Å²) in [6.45, 7) is 1.39. The van der Waals surface area contributed by atoms with Crippen molar-refractivity contribution in [1.82, 2.24) is 4.67 Å². The predicted molar refractivity (Wildman–Crippen MR) is 34.8 cm³/mol. The van der Waals surface area contributed by atoms with Gasteiger partial charge in [-0.2, -0.15) is 0 Å². The zero-order valence-electron chi connectivity index (χ0n) is 3.77. The van der Waals surface area contributed by atoms with Gasteiger partial charge >= 0.3 is 0 Å². The third-order valence-electron chi connectivity index (χ3n) is 1.05. The van der Waals surface area contributed by atoms with Crippen molar-refractivity contribution in [3.8, 4) is 0 Å². The van der Waals surface area contributed by atoms with Crippen LogP contribution in [0, 0.1) is 0 Å². The SMILES string of the molecule is ClP(Cl)N1CCC1. The summed E-state index contributed by atoms with van der Waals surface area (Å²) >= 11 is 11.1. The third-order valence-corrected chi connectivity index (χ3v) is 3.16. The fraction of sp³-hybridized carbons (Fsp3) is 1.00. The van der Waals surface area contributed by atoms with Crippen molar-refractivity contribution in [3.63, 3.8) is 0 Å². The van der Waals surface area contributed by atoms with E-state index in [4.69, 9.17) is 22.5 Å². The molecule has 7 heavy (non-hydrogen) atoms. The van der Waals surface area contributed by atoms with Crippen molar-refractivity contribution in [2.75, 3.05) is 13.1 Å². The quantitative estimate of drug-likeness (QED) is 0.529. The molecule has 1 aliphatic heterocycles. The van der Waals surface area contributed by atoms with E-state index in [-0.39, 0.29) is 0 Å². The van der Waals surface area contributed by atoms with E-state index in [0.29, 0.717) is 0 Å². The van der Waals surface area contributed by atoms with Gasteiger partial charge in [0, 0.05) is 13.1 Å². The molecular weight excluding hydrogens is 152 g/mol. The van der Waals surface area contributed by atoms with Crippen LogP contribution in [0.2, 0.25) is 0 Å². The monoisotopic (exact) mass is 157 g/mol. The van der Waals surface area contributed by atoms with E-state index in [1.165, 1.54) is 6.42 Å². The molecule has 1 aliphatic rings. The van der Waals surface area contributed by atoms with Crippen LogP contribution in [-0.2, 0) is 0 Å². The maximum Gasteiger partial charge on any atom is 0.159 e. The zero-order chi connectivity index (χ0) is 5.28. The second-order valence-corrected chi connectivity index (χ2v) is 4.96. The molecule has 0 unspecified atom stereocenters. The third kappa shape index (κ3) is 1.43. The van der Waals surface area contributed by atoms with Gasteiger partial charge in [0.05, 0.1) is 0 Å². The second kappa shape index (κ2) is 2.50. The van der Waals surface area contributed by atoms with Crippen LogP contribution in [0.4, 0.5) is 0 Å². The summed E-state index contributed by atoms with van der Waals surface area (Å²) in [5.41, 5.74) is 0. The molecule has 1 heterocycles. The summed E-state index contributed by atoms with van der Waals surface area (Å²) in [5, 5.41) is 0. The maximum absolute atomic E-state index is 5.54. The van der Waals surface area contributed by atoms with Gasteiger partial charge in [-0.1, -0.05) is 22.5 Å². The van der Waals surface area contributed by atoms with Crippen LogP contribution in [0.5, 0.6) is 0 Å². The summed E-state index contributed by atoms with van der Waals surface area (Å²) in [5.74, 6) is 0. The van der Waals surface area contributed by atoms with E-state index >= 15 is 0 Å². The molecule has 0 aromatic heterocycles. The van der Waals surface area contributed by atoms with E-state index in [0.717, 1.165) is 13.1 Å². The summed E-state index contributed by atoms with van der Waals surface area (Å²) in [6.07, 6.45) is 1.26. The molecule has 0 aromatic rings. The zero-order valence-corrected chi connectivity index (χ0v) is 6.18. The summed E-state index contributed by atoms with van der Waals surface area (Å²) < 4.78 is 2.07. The molecule has 0 aromatic carbocycles. The first-order chi connectivity index (χ1) is 3.30. The molecule has 1 fully saturated rings. The van der Waals surface area contributed by atoms with Gasteiger partial charge in [-0.05, 0) is 6.42 Å². The minimum absolute atomic E-state index is 0.797. The average molecular weight is 158 g/mol. The number of hydrogen-bond acceptors (Lipinski definition) is 1. The van der Waals surface area contributed by atoms with Crippen molar-refractivity contribution >= 4 is 29.3 Å². The van der Waals surface area contributed by atoms with Crippen LogP contribution in [0.25, 0.3) is 0 Å². The summed E-state index contributed by atoms with van der Waals surface area (Å²) in [7, 11) is 0. The van der Waals surface area contributed by atoms with Crippen LogP contribution < -0.4 is 0 Å². The first kappa shape index (κ1) is 6.10. The van der Waals surface area contributed by atoms with Crippen molar-refractivity contribution in [2.45, 2.75) is 6.42 Å². The largest absolute Gasteiger partial charge is 0.257 e. The molecule has 0 atom stereocenters. The molecule has 0 aliphatic carbocycles. The summed E-state index contributed by atoms with van der Waals surface area (Å²) in [6, 6.07) is 0. The van der Waals surface area contributed by atoms with Gasteiger partial charge in [-0.15, -0.1) is 0 Å². The maximum atomic E-state index is 5.54. The van der Waals surface area contributed by atoms with E-state index in [9.17, 15) is 0 Å². The lowest BCUT2D eigenvalue weighted by Gasteiger charge is -2.30. The molecule has 0 radical (unpaired) electrons. The van der Waals surface area contributed by atoms with Crippen molar-refractivity contribution in [3.05, 3.63) is 0 Å². The molecule has 0 amide bonds. The first-order valence-electron chi connectivity index (χ1n) is 2.17. The Morgan fingerprint density at radius 2 is 1.86 bits per heavy atom. The lowest BCUT2D eigenvalue weighted by molar-refractivity contribution is 0.339. The van der Waals surface area contributed by atoms with E-state index in [1.54, 1.807) is 0 Å². The smallest absolute Gasteiger partial charge is 0.159 e. The van der Waals surface area contributed by atoms with E-state index in [1.807, 2.05) is 0 Å². The average Bonchev–Trinajstić information content (AvgIpc) is 1.23. The molecule has 1 rings (SSSR count). The fourth-order valence-electron chi connectivity index (χ4n) is 0.451. The standard InChI is InChI=1S/C3H6Cl2NP/c4-7(5)6-2-1-3-6/h1-3H2. The fourth-order valence-corrected chi connectivity index (χ4v) is 1.94. The minimum atomic E-state index is -0.797. The van der Waals surface area contributed by atoms with Gasteiger partial charge < -0.3 is 0 Å². The molecule has 0 N–H and O–H groups in total. The molecule has 1 nitrogen and oxygen atoms in total. The molecule has 42 valence electrons. The Kier molecular flexibility index (Phi) is 2.18. The van der Waals surface area contributed by atoms with E-state index in [2.05, 4.69) is 4.67 Å². The van der Waals surface area contributed by atoms with E-state index < -0.39 is 6.78 Å². The van der Waals surface area contributed by atoms with Crippen LogP contribution in [0.1, 0.15) is 6.42 Å². The molecule has 0 spiro atoms. The first-order valence-corrected chi connectivity index (χ1v) is 5.28. The Hall–Kier alpha value is 0.970. The predicted octanol–water partition coefficient (Wildman–Crippen LogP) is 2.40. The highest BCUT2D eigenvalue weighted by Crippen LogP contribution is 2.52. The number of nitrogens with zero attached hydrogens (tertiary/aromatic N) is 1. The van der Waals surface area contributed by atoms with Gasteiger partial charge in [0.15, 0.2) is 6.78 Å². The normalized spacial score (nSPS) is 22.7. The molecule has 0 bridgehead atoms. The summed E-state index contributed by atoms with van der Waals surface area (Å²) in [4.78, 5) is 0. The molecule has 0 saturated carbocycles. The van der Waals surface area contributed by atoms with Gasteiger partial charge in [0.1, 0.15) is 0 Å². The highest BCUT2D eigenvalue weighted by Gasteiger charge is 2.19. The van der Waals surface area contributed by atoms with Crippen LogP contribution in [0.3, 0.4) is 0 Å². The topological polar surface area (TPSA) is 3.24 Å². The Labute approximate surface area is 54.0 Å². The lowest BCUT2D eigenvalue weighted by atomic mass is 10.3. The Bertz CT molecular complexity index is 64.0. The van der Waals surface area contributed by atoms with Crippen molar-refractivity contribution < 1.29 is 0 Å². The Morgan fingerprint density at radius 3 is 1.86 bits per heavy atom. The van der Waals surface area contributed by atoms with Crippen LogP contribution >= 0.6 is 29.3 Å². The molecular formula is C3H6Cl2NP. The van der Waals surface area contributed by atoms with Crippen molar-refractivity contribution in [2.24, 2.45) is 0 Å². The minimum Gasteiger partial charge on any atom is -0.257 e.